The molecule has 0 saturated heterocycles. The fraction of sp³-hybridized carbons (Fsp3) is 0.333. The molecule has 150 valence electrons. The van der Waals surface area contributed by atoms with E-state index in [4.69, 9.17) is 10.2 Å². The average molecular weight is 393 g/mol. The first-order valence-corrected chi connectivity index (χ1v) is 7.93. The maximum absolute atomic E-state index is 12.1. The maximum atomic E-state index is 12.1. The summed E-state index contributed by atoms with van der Waals surface area (Å²) in [6, 6.07) is -1.44. The van der Waals surface area contributed by atoms with Crippen molar-refractivity contribution in [2.24, 2.45) is 5.16 Å². The molecule has 0 unspecified atom stereocenters. The predicted molar refractivity (Wildman–Crippen MR) is 95.4 cm³/mol. The van der Waals surface area contributed by atoms with Gasteiger partial charge >= 0.3 is 5.97 Å². The largest absolute Gasteiger partial charge is 0.480 e. The van der Waals surface area contributed by atoms with Crippen molar-refractivity contribution in [3.63, 3.8) is 0 Å². The number of aliphatic carboxylic acids is 1. The van der Waals surface area contributed by atoms with Crippen molar-refractivity contribution in [3.8, 4) is 11.5 Å². The van der Waals surface area contributed by atoms with Crippen LogP contribution in [0.3, 0.4) is 0 Å². The van der Waals surface area contributed by atoms with Gasteiger partial charge in [0.1, 0.15) is 31.2 Å². The Morgan fingerprint density at radius 2 is 2.18 bits per heavy atom. The minimum absolute atomic E-state index is 0.183. The number of carboxylic acid groups (broad SMARTS) is 1. The minimum Gasteiger partial charge on any atom is -0.480 e. The Labute approximate surface area is 158 Å². The number of carbonyl (C=O) groups is 3. The minimum atomic E-state index is -1.44. The standard InChI is InChI=1S/C15H19N7O6/c1-8(24)19-14-12(13-16-3-9(20-13)4-18-28-2)17-7-22(14)5-11(25)21-10(6-23)15(26)27/h3-4,7,10,23H,5-6H2,1-2H3,(H,16,20)(H,19,24)(H,21,25)(H,26,27)/b18-4+/t10-/m0/s1. The quantitative estimate of drug-likeness (QED) is 0.259. The number of carboxylic acids is 1. The number of aliphatic hydroxyl groups is 1. The van der Waals surface area contributed by atoms with E-state index in [0.717, 1.165) is 0 Å². The van der Waals surface area contributed by atoms with E-state index in [0.29, 0.717) is 11.5 Å². The van der Waals surface area contributed by atoms with Crippen molar-refractivity contribution in [1.29, 1.82) is 0 Å². The monoisotopic (exact) mass is 393 g/mol. The van der Waals surface area contributed by atoms with Crippen LogP contribution in [0, 0.1) is 0 Å². The molecule has 0 aliphatic carbocycles. The van der Waals surface area contributed by atoms with Crippen LogP contribution in [0.25, 0.3) is 11.5 Å². The van der Waals surface area contributed by atoms with E-state index in [-0.39, 0.29) is 18.1 Å². The third kappa shape index (κ3) is 5.14. The number of nitrogens with zero attached hydrogens (tertiary/aromatic N) is 4. The molecule has 2 amide bonds. The molecule has 0 radical (unpaired) electrons. The SMILES string of the molecule is CO/N=C/c1cnc(-c2ncn(CC(=O)N[C@@H](CO)C(=O)O)c2NC(C)=O)[nH]1. The van der Waals surface area contributed by atoms with Crippen molar-refractivity contribution in [2.45, 2.75) is 19.5 Å². The normalized spacial score (nSPS) is 12.0. The number of nitrogens with one attached hydrogen (secondary N) is 3. The molecule has 0 bridgehead atoms. The lowest BCUT2D eigenvalue weighted by molar-refractivity contribution is -0.143. The number of hydrogen-bond acceptors (Lipinski definition) is 8. The summed E-state index contributed by atoms with van der Waals surface area (Å²) in [5, 5.41) is 26.2. The molecule has 0 aromatic carbocycles. The van der Waals surface area contributed by atoms with Gasteiger partial charge in [-0.2, -0.15) is 0 Å². The molecule has 28 heavy (non-hydrogen) atoms. The number of aromatic nitrogens is 4. The van der Waals surface area contributed by atoms with Crippen molar-refractivity contribution in [2.75, 3.05) is 19.0 Å². The van der Waals surface area contributed by atoms with Crippen molar-refractivity contribution >= 4 is 29.8 Å². The van der Waals surface area contributed by atoms with Gasteiger partial charge in [-0.25, -0.2) is 14.8 Å². The van der Waals surface area contributed by atoms with Crippen molar-refractivity contribution < 1.29 is 29.4 Å². The second-order valence-electron chi connectivity index (χ2n) is 5.50. The van der Waals surface area contributed by atoms with Crippen LogP contribution in [0.1, 0.15) is 12.6 Å². The topological polar surface area (TPSA) is 184 Å². The first kappa shape index (κ1) is 20.6. The molecule has 2 aromatic heterocycles. The van der Waals surface area contributed by atoms with Crippen molar-refractivity contribution in [3.05, 3.63) is 18.2 Å². The van der Waals surface area contributed by atoms with E-state index in [2.05, 4.69) is 35.6 Å². The number of aliphatic hydroxyl groups excluding tert-OH is 1. The smallest absolute Gasteiger partial charge is 0.328 e. The van der Waals surface area contributed by atoms with Crippen LogP contribution in [0.2, 0.25) is 0 Å². The van der Waals surface area contributed by atoms with E-state index in [1.165, 1.54) is 37.3 Å². The molecule has 2 aromatic rings. The maximum Gasteiger partial charge on any atom is 0.328 e. The lowest BCUT2D eigenvalue weighted by atomic mass is 10.3. The summed E-state index contributed by atoms with van der Waals surface area (Å²) in [6.45, 7) is 0.185. The number of anilines is 1. The second kappa shape index (κ2) is 9.27. The van der Waals surface area contributed by atoms with Crippen LogP contribution in [0.15, 0.2) is 17.7 Å². The molecule has 0 saturated carbocycles. The average Bonchev–Trinajstić information content (AvgIpc) is 3.24. The summed E-state index contributed by atoms with van der Waals surface area (Å²) in [7, 11) is 1.39. The highest BCUT2D eigenvalue weighted by Gasteiger charge is 2.22. The summed E-state index contributed by atoms with van der Waals surface area (Å²) < 4.78 is 1.31. The number of amides is 2. The molecule has 5 N–H and O–H groups in total. The third-order valence-corrected chi connectivity index (χ3v) is 3.38. The lowest BCUT2D eigenvalue weighted by Crippen LogP contribution is -2.44. The zero-order valence-corrected chi connectivity index (χ0v) is 15.0. The molecule has 13 nitrogen and oxygen atoms in total. The summed E-state index contributed by atoms with van der Waals surface area (Å²) in [6.07, 6.45) is 4.15. The molecular formula is C15H19N7O6. The van der Waals surface area contributed by atoms with Crippen molar-refractivity contribution in [1.82, 2.24) is 24.8 Å². The second-order valence-corrected chi connectivity index (χ2v) is 5.50. The number of H-pyrrole nitrogens is 1. The first-order valence-electron chi connectivity index (χ1n) is 7.93. The highest BCUT2D eigenvalue weighted by atomic mass is 16.6. The van der Waals surface area contributed by atoms with Gasteiger partial charge in [0.05, 0.1) is 31.0 Å². The van der Waals surface area contributed by atoms with Gasteiger partial charge < -0.3 is 35.2 Å². The highest BCUT2D eigenvalue weighted by Crippen LogP contribution is 2.24. The zero-order chi connectivity index (χ0) is 20.7. The van der Waals surface area contributed by atoms with Crippen LogP contribution in [-0.2, 0) is 25.8 Å². The van der Waals surface area contributed by atoms with Crippen LogP contribution in [-0.4, -0.2) is 73.5 Å². The molecule has 0 fully saturated rings. The number of oxime groups is 1. The van der Waals surface area contributed by atoms with Gasteiger partial charge in [-0.05, 0) is 0 Å². The Balaban J connectivity index is 2.27. The molecule has 0 aliphatic rings. The first-order chi connectivity index (χ1) is 13.3. The fourth-order valence-electron chi connectivity index (χ4n) is 2.18. The number of aromatic amines is 1. The van der Waals surface area contributed by atoms with Gasteiger partial charge in [0.25, 0.3) is 0 Å². The van der Waals surface area contributed by atoms with Gasteiger partial charge in [0.15, 0.2) is 5.82 Å². The van der Waals surface area contributed by atoms with E-state index >= 15 is 0 Å². The summed E-state index contributed by atoms with van der Waals surface area (Å²) in [5.74, 6) is -1.98. The molecule has 2 rings (SSSR count). The van der Waals surface area contributed by atoms with Crippen LogP contribution in [0.4, 0.5) is 5.82 Å². The number of hydrogen-bond donors (Lipinski definition) is 5. The Hall–Kier alpha value is -3.74. The number of imidazole rings is 2. The van der Waals surface area contributed by atoms with E-state index in [1.54, 1.807) is 0 Å². The molecule has 1 atom stereocenters. The van der Waals surface area contributed by atoms with E-state index in [1.807, 2.05) is 0 Å². The molecule has 2 heterocycles. The fourth-order valence-corrected chi connectivity index (χ4v) is 2.18. The van der Waals surface area contributed by atoms with Crippen LogP contribution < -0.4 is 10.6 Å². The molecular weight excluding hydrogens is 374 g/mol. The van der Waals surface area contributed by atoms with Crippen LogP contribution in [0.5, 0.6) is 0 Å². The van der Waals surface area contributed by atoms with Gasteiger partial charge in [-0.3, -0.25) is 9.59 Å². The third-order valence-electron chi connectivity index (χ3n) is 3.38. The molecule has 13 heteroatoms. The van der Waals surface area contributed by atoms with Gasteiger partial charge in [0.2, 0.25) is 11.8 Å². The van der Waals surface area contributed by atoms with E-state index < -0.39 is 30.4 Å². The highest BCUT2D eigenvalue weighted by molar-refractivity contribution is 5.92. The van der Waals surface area contributed by atoms with Gasteiger partial charge in [-0.15, -0.1) is 0 Å². The summed E-state index contributed by atoms with van der Waals surface area (Å²) in [5.41, 5.74) is 0.780. The van der Waals surface area contributed by atoms with E-state index in [9.17, 15) is 14.4 Å². The van der Waals surface area contributed by atoms with Crippen LogP contribution >= 0.6 is 0 Å². The Morgan fingerprint density at radius 1 is 1.43 bits per heavy atom. The number of carbonyl (C=O) groups excluding carboxylic acids is 2. The molecule has 0 spiro atoms. The van der Waals surface area contributed by atoms with Gasteiger partial charge in [-0.1, -0.05) is 5.16 Å². The summed E-state index contributed by atoms with van der Waals surface area (Å²) >= 11 is 0. The molecule has 0 aliphatic heterocycles. The Morgan fingerprint density at radius 3 is 2.79 bits per heavy atom. The predicted octanol–water partition coefficient (Wildman–Crippen LogP) is -1.23. The van der Waals surface area contributed by atoms with Gasteiger partial charge in [0, 0.05) is 6.92 Å². The zero-order valence-electron chi connectivity index (χ0n) is 15.0. The number of rotatable bonds is 9. The lowest BCUT2D eigenvalue weighted by Gasteiger charge is -2.13. The Kier molecular flexibility index (Phi) is 6.81. The summed E-state index contributed by atoms with van der Waals surface area (Å²) in [4.78, 5) is 50.4. The Bertz CT molecular complexity index is 887.